The molecule has 0 spiro atoms. The molecule has 0 unspecified atom stereocenters. The number of hydrogen-bond acceptors (Lipinski definition) is 1. The molecule has 1 heteroatoms. The van der Waals surface area contributed by atoms with E-state index in [1.165, 1.54) is 0 Å². The molecule has 0 aromatic rings. The summed E-state index contributed by atoms with van der Waals surface area (Å²) in [5.41, 5.74) is 1.35. The van der Waals surface area contributed by atoms with Gasteiger partial charge in [0, 0.05) is 11.2 Å². The van der Waals surface area contributed by atoms with Gasteiger partial charge < -0.3 is 5.32 Å². The molecule has 0 amide bonds. The fourth-order valence-corrected chi connectivity index (χ4v) is 0.655. The summed E-state index contributed by atoms with van der Waals surface area (Å²) in [7, 11) is 0. The Balaban J connectivity index is 3.76. The van der Waals surface area contributed by atoms with Crippen LogP contribution in [-0.4, -0.2) is 5.54 Å². The van der Waals surface area contributed by atoms with Gasteiger partial charge in [-0.2, -0.15) is 0 Å². The summed E-state index contributed by atoms with van der Waals surface area (Å²) in [5.74, 6) is 0. The van der Waals surface area contributed by atoms with Crippen LogP contribution in [0, 0.1) is 0 Å². The van der Waals surface area contributed by atoms with Crippen LogP contribution in [0.25, 0.3) is 0 Å². The minimum atomic E-state index is 0.215. The highest BCUT2D eigenvalue weighted by Crippen LogP contribution is 2.09. The van der Waals surface area contributed by atoms with Crippen LogP contribution in [0.4, 0.5) is 0 Å². The predicted molar refractivity (Wildman–Crippen MR) is 46.9 cm³/mol. The van der Waals surface area contributed by atoms with E-state index in [0.29, 0.717) is 0 Å². The van der Waals surface area contributed by atoms with Crippen molar-refractivity contribution in [2.45, 2.75) is 46.1 Å². The Morgan fingerprint density at radius 1 is 1.40 bits per heavy atom. The molecular formula is C9H19N. The van der Waals surface area contributed by atoms with E-state index in [9.17, 15) is 0 Å². The van der Waals surface area contributed by atoms with Gasteiger partial charge in [-0.15, -0.1) is 0 Å². The van der Waals surface area contributed by atoms with Gasteiger partial charge in [0.1, 0.15) is 0 Å². The Morgan fingerprint density at radius 2 is 1.90 bits per heavy atom. The van der Waals surface area contributed by atoms with E-state index in [2.05, 4.69) is 39.6 Å². The molecule has 0 rings (SSSR count). The van der Waals surface area contributed by atoms with Crippen molar-refractivity contribution in [1.82, 2.24) is 5.32 Å². The summed E-state index contributed by atoms with van der Waals surface area (Å²) in [4.78, 5) is 0. The van der Waals surface area contributed by atoms with Crippen LogP contribution >= 0.6 is 0 Å². The van der Waals surface area contributed by atoms with Crippen LogP contribution in [0.3, 0.4) is 0 Å². The zero-order valence-corrected chi connectivity index (χ0v) is 7.62. The minimum absolute atomic E-state index is 0.215. The molecule has 0 bridgehead atoms. The van der Waals surface area contributed by atoms with Crippen LogP contribution in [-0.2, 0) is 0 Å². The minimum Gasteiger partial charge on any atom is -0.384 e. The summed E-state index contributed by atoms with van der Waals surface area (Å²) >= 11 is 0. The molecule has 10 heavy (non-hydrogen) atoms. The van der Waals surface area contributed by atoms with Crippen molar-refractivity contribution in [3.63, 3.8) is 0 Å². The SMILES string of the molecule is C=C(CC)NC(C)(C)CC. The maximum absolute atomic E-state index is 3.90. The van der Waals surface area contributed by atoms with Gasteiger partial charge in [-0.05, 0) is 26.7 Å². The quantitative estimate of drug-likeness (QED) is 0.634. The molecular weight excluding hydrogens is 122 g/mol. The summed E-state index contributed by atoms with van der Waals surface area (Å²) < 4.78 is 0. The molecule has 0 aromatic carbocycles. The zero-order chi connectivity index (χ0) is 8.20. The lowest BCUT2D eigenvalue weighted by Gasteiger charge is -2.26. The fourth-order valence-electron chi connectivity index (χ4n) is 0.655. The normalized spacial score (nSPS) is 11.2. The second-order valence-corrected chi connectivity index (χ2v) is 3.32. The Kier molecular flexibility index (Phi) is 3.48. The molecule has 60 valence electrons. The highest BCUT2D eigenvalue weighted by Gasteiger charge is 2.13. The molecule has 0 atom stereocenters. The maximum Gasteiger partial charge on any atom is 0.0311 e. The van der Waals surface area contributed by atoms with Gasteiger partial charge in [-0.3, -0.25) is 0 Å². The Hall–Kier alpha value is -0.460. The summed E-state index contributed by atoms with van der Waals surface area (Å²) in [6.45, 7) is 12.6. The van der Waals surface area contributed by atoms with E-state index < -0.39 is 0 Å². The van der Waals surface area contributed by atoms with E-state index in [-0.39, 0.29) is 5.54 Å². The molecule has 0 aliphatic carbocycles. The molecule has 0 aliphatic rings. The van der Waals surface area contributed by atoms with Gasteiger partial charge >= 0.3 is 0 Å². The molecule has 0 heterocycles. The van der Waals surface area contributed by atoms with Crippen LogP contribution in [0.5, 0.6) is 0 Å². The zero-order valence-electron chi connectivity index (χ0n) is 7.62. The van der Waals surface area contributed by atoms with E-state index >= 15 is 0 Å². The van der Waals surface area contributed by atoms with Crippen LogP contribution in [0.2, 0.25) is 0 Å². The molecule has 0 radical (unpaired) electrons. The predicted octanol–water partition coefficient (Wildman–Crippen LogP) is 2.69. The third kappa shape index (κ3) is 3.54. The van der Waals surface area contributed by atoms with E-state index in [1.54, 1.807) is 0 Å². The largest absolute Gasteiger partial charge is 0.384 e. The molecule has 0 fully saturated rings. The van der Waals surface area contributed by atoms with Crippen molar-refractivity contribution in [3.8, 4) is 0 Å². The number of rotatable bonds is 4. The lowest BCUT2D eigenvalue weighted by molar-refractivity contribution is 0.410. The first-order chi connectivity index (χ1) is 4.52. The van der Waals surface area contributed by atoms with Gasteiger partial charge in [0.15, 0.2) is 0 Å². The van der Waals surface area contributed by atoms with Crippen molar-refractivity contribution in [1.29, 1.82) is 0 Å². The first-order valence-electron chi connectivity index (χ1n) is 3.97. The Bertz CT molecular complexity index is 114. The highest BCUT2D eigenvalue weighted by molar-refractivity contribution is 4.95. The fraction of sp³-hybridized carbons (Fsp3) is 0.778. The standard InChI is InChI=1S/C9H19N/c1-6-8(3)10-9(4,5)7-2/h10H,3,6-7H2,1-2,4-5H3. The van der Waals surface area contributed by atoms with Crippen molar-refractivity contribution < 1.29 is 0 Å². The number of nitrogens with one attached hydrogen (secondary N) is 1. The van der Waals surface area contributed by atoms with Gasteiger partial charge in [0.25, 0.3) is 0 Å². The lowest BCUT2D eigenvalue weighted by atomic mass is 10.0. The smallest absolute Gasteiger partial charge is 0.0311 e. The van der Waals surface area contributed by atoms with Gasteiger partial charge in [-0.1, -0.05) is 20.4 Å². The molecule has 0 saturated carbocycles. The van der Waals surface area contributed by atoms with Crippen LogP contribution < -0.4 is 5.32 Å². The van der Waals surface area contributed by atoms with Gasteiger partial charge in [0.05, 0.1) is 0 Å². The second kappa shape index (κ2) is 3.65. The molecule has 0 aliphatic heterocycles. The van der Waals surface area contributed by atoms with Crippen molar-refractivity contribution >= 4 is 0 Å². The summed E-state index contributed by atoms with van der Waals surface area (Å²) in [6.07, 6.45) is 2.15. The highest BCUT2D eigenvalue weighted by atomic mass is 15.0. The lowest BCUT2D eigenvalue weighted by Crippen LogP contribution is -2.37. The van der Waals surface area contributed by atoms with E-state index in [0.717, 1.165) is 18.5 Å². The number of allylic oxidation sites excluding steroid dienone is 1. The van der Waals surface area contributed by atoms with Crippen LogP contribution in [0.1, 0.15) is 40.5 Å². The second-order valence-electron chi connectivity index (χ2n) is 3.32. The first-order valence-corrected chi connectivity index (χ1v) is 3.97. The third-order valence-electron chi connectivity index (χ3n) is 1.83. The number of hydrogen-bond donors (Lipinski definition) is 1. The monoisotopic (exact) mass is 141 g/mol. The average Bonchev–Trinajstić information content (AvgIpc) is 1.87. The van der Waals surface area contributed by atoms with E-state index in [1.807, 2.05) is 0 Å². The van der Waals surface area contributed by atoms with E-state index in [4.69, 9.17) is 0 Å². The first kappa shape index (κ1) is 9.54. The maximum atomic E-state index is 3.90. The van der Waals surface area contributed by atoms with Crippen molar-refractivity contribution in [3.05, 3.63) is 12.3 Å². The van der Waals surface area contributed by atoms with Crippen molar-refractivity contribution in [2.75, 3.05) is 0 Å². The van der Waals surface area contributed by atoms with Crippen molar-refractivity contribution in [2.24, 2.45) is 0 Å². The Labute approximate surface area is 64.5 Å². The molecule has 0 saturated heterocycles. The van der Waals surface area contributed by atoms with Crippen LogP contribution in [0.15, 0.2) is 12.3 Å². The molecule has 0 aromatic heterocycles. The van der Waals surface area contributed by atoms with Gasteiger partial charge in [-0.25, -0.2) is 0 Å². The summed E-state index contributed by atoms with van der Waals surface area (Å²) in [6, 6.07) is 0. The summed E-state index contributed by atoms with van der Waals surface area (Å²) in [5, 5.41) is 3.36. The Morgan fingerprint density at radius 3 is 2.20 bits per heavy atom. The topological polar surface area (TPSA) is 12.0 Å². The molecule has 1 N–H and O–H groups in total. The third-order valence-corrected chi connectivity index (χ3v) is 1.83. The average molecular weight is 141 g/mol. The molecule has 1 nitrogen and oxygen atoms in total. The van der Waals surface area contributed by atoms with Gasteiger partial charge in [0.2, 0.25) is 0 Å².